The molecule has 1 radical (unpaired) electrons. The van der Waals surface area contributed by atoms with E-state index in [-0.39, 0.29) is 0 Å². The normalized spacial score (nSPS) is 16.8. The second-order valence-electron chi connectivity index (χ2n) is 2.09. The Balaban J connectivity index is 4.70. The SMILES string of the molecule is CC(O)[C](C(F)(F)F)C(F)(F)F. The quantitative estimate of drug-likeness (QED) is 0.635. The molecule has 0 bridgehead atoms. The van der Waals surface area contributed by atoms with E-state index in [9.17, 15) is 26.3 Å². The van der Waals surface area contributed by atoms with Gasteiger partial charge in [-0.3, -0.25) is 0 Å². The molecule has 0 amide bonds. The summed E-state index contributed by atoms with van der Waals surface area (Å²) in [6.07, 6.45) is -13.6. The van der Waals surface area contributed by atoms with E-state index in [0.717, 1.165) is 0 Å². The largest absolute Gasteiger partial charge is 0.407 e. The maximum Gasteiger partial charge on any atom is 0.407 e. The summed E-state index contributed by atoms with van der Waals surface area (Å²) < 4.78 is 69.3. The molecular formula is C5H5F6O. The fourth-order valence-electron chi connectivity index (χ4n) is 0.634. The number of rotatable bonds is 1. The molecule has 1 nitrogen and oxygen atoms in total. The van der Waals surface area contributed by atoms with E-state index in [1.165, 1.54) is 0 Å². The van der Waals surface area contributed by atoms with Crippen molar-refractivity contribution in [1.82, 2.24) is 0 Å². The Hall–Kier alpha value is -0.460. The molecule has 0 saturated carbocycles. The number of halogens is 6. The Morgan fingerprint density at radius 2 is 1.25 bits per heavy atom. The lowest BCUT2D eigenvalue weighted by Gasteiger charge is -2.23. The average Bonchev–Trinajstić information content (AvgIpc) is 1.49. The highest BCUT2D eigenvalue weighted by Crippen LogP contribution is 2.42. The minimum Gasteiger partial charge on any atom is -0.392 e. The van der Waals surface area contributed by atoms with E-state index in [1.807, 2.05) is 0 Å². The van der Waals surface area contributed by atoms with Crippen LogP contribution in [0.5, 0.6) is 0 Å². The molecule has 0 aromatic carbocycles. The van der Waals surface area contributed by atoms with Gasteiger partial charge in [0.15, 0.2) is 0 Å². The predicted molar refractivity (Wildman–Crippen MR) is 27.0 cm³/mol. The van der Waals surface area contributed by atoms with Gasteiger partial charge >= 0.3 is 12.4 Å². The van der Waals surface area contributed by atoms with Crippen LogP contribution in [0.15, 0.2) is 0 Å². The summed E-state index contributed by atoms with van der Waals surface area (Å²) >= 11 is 0. The van der Waals surface area contributed by atoms with Gasteiger partial charge in [0.25, 0.3) is 0 Å². The molecule has 1 N–H and O–H groups in total. The summed E-state index contributed by atoms with van der Waals surface area (Å²) in [6, 6.07) is 0. The predicted octanol–water partition coefficient (Wildman–Crippen LogP) is 2.07. The highest BCUT2D eigenvalue weighted by Gasteiger charge is 2.60. The molecule has 0 aromatic rings. The van der Waals surface area contributed by atoms with E-state index in [1.54, 1.807) is 0 Å². The molecule has 0 fully saturated rings. The molecule has 0 heterocycles. The van der Waals surface area contributed by atoms with Gasteiger partial charge in [-0.05, 0) is 6.92 Å². The zero-order valence-electron chi connectivity index (χ0n) is 5.79. The fraction of sp³-hybridized carbons (Fsp3) is 0.800. The fourth-order valence-corrected chi connectivity index (χ4v) is 0.634. The molecule has 0 saturated heterocycles. The summed E-state index contributed by atoms with van der Waals surface area (Å²) in [4.78, 5) is 0. The third kappa shape index (κ3) is 2.88. The van der Waals surface area contributed by atoms with E-state index < -0.39 is 24.4 Å². The molecule has 1 atom stereocenters. The van der Waals surface area contributed by atoms with E-state index in [2.05, 4.69) is 0 Å². The topological polar surface area (TPSA) is 20.2 Å². The second kappa shape index (κ2) is 3.12. The van der Waals surface area contributed by atoms with Gasteiger partial charge in [-0.2, -0.15) is 26.3 Å². The molecule has 0 rings (SSSR count). The monoisotopic (exact) mass is 195 g/mol. The lowest BCUT2D eigenvalue weighted by Crippen LogP contribution is -2.41. The van der Waals surface area contributed by atoms with Crippen molar-refractivity contribution in [1.29, 1.82) is 0 Å². The third-order valence-corrected chi connectivity index (χ3v) is 1.03. The van der Waals surface area contributed by atoms with Gasteiger partial charge in [0, 0.05) is 0 Å². The molecule has 0 aliphatic rings. The van der Waals surface area contributed by atoms with E-state index in [4.69, 9.17) is 5.11 Å². The number of hydrogen-bond donors (Lipinski definition) is 1. The zero-order chi connectivity index (χ0) is 10.2. The standard InChI is InChI=1S/C5H5F6O/c1-2(12)3(4(6,7)8)5(9,10)11/h2,12H,1H3. The number of aliphatic hydroxyl groups excluding tert-OH is 1. The van der Waals surface area contributed by atoms with Gasteiger partial charge < -0.3 is 5.11 Å². The highest BCUT2D eigenvalue weighted by molar-refractivity contribution is 5.08. The summed E-state index contributed by atoms with van der Waals surface area (Å²) in [6.45, 7) is 0.413. The van der Waals surface area contributed by atoms with Gasteiger partial charge in [0.1, 0.15) is 0 Å². The molecular weight excluding hydrogens is 190 g/mol. The van der Waals surface area contributed by atoms with E-state index in [0.29, 0.717) is 6.92 Å². The molecule has 0 aliphatic carbocycles. The van der Waals surface area contributed by atoms with Gasteiger partial charge in [0.05, 0.1) is 6.10 Å². The Kier molecular flexibility index (Phi) is 3.00. The number of alkyl halides is 6. The van der Waals surface area contributed by atoms with Crippen LogP contribution in [0.4, 0.5) is 26.3 Å². The van der Waals surface area contributed by atoms with Crippen molar-refractivity contribution in [2.24, 2.45) is 0 Å². The van der Waals surface area contributed by atoms with Crippen LogP contribution in [0.1, 0.15) is 6.92 Å². The molecule has 12 heavy (non-hydrogen) atoms. The Morgan fingerprint density at radius 1 is 1.00 bits per heavy atom. The first kappa shape index (κ1) is 11.5. The Bertz CT molecular complexity index is 131. The first-order chi connectivity index (χ1) is 5.07. The molecule has 0 spiro atoms. The van der Waals surface area contributed by atoms with Crippen LogP contribution in [0.25, 0.3) is 0 Å². The number of aliphatic hydroxyl groups is 1. The van der Waals surface area contributed by atoms with Crippen LogP contribution < -0.4 is 0 Å². The van der Waals surface area contributed by atoms with Crippen LogP contribution in [-0.2, 0) is 0 Å². The highest BCUT2D eigenvalue weighted by atomic mass is 19.4. The second-order valence-corrected chi connectivity index (χ2v) is 2.09. The number of hydrogen-bond acceptors (Lipinski definition) is 1. The molecule has 73 valence electrons. The summed E-state index contributed by atoms with van der Waals surface area (Å²) in [5.41, 5.74) is 0. The smallest absolute Gasteiger partial charge is 0.392 e. The van der Waals surface area contributed by atoms with Crippen LogP contribution in [-0.4, -0.2) is 23.6 Å². The lowest BCUT2D eigenvalue weighted by molar-refractivity contribution is -0.220. The van der Waals surface area contributed by atoms with Crippen molar-refractivity contribution >= 4 is 0 Å². The lowest BCUT2D eigenvalue weighted by atomic mass is 10.0. The van der Waals surface area contributed by atoms with Crippen molar-refractivity contribution in [2.45, 2.75) is 25.4 Å². The zero-order valence-corrected chi connectivity index (χ0v) is 5.79. The first-order valence-corrected chi connectivity index (χ1v) is 2.76. The molecule has 0 aliphatic heterocycles. The van der Waals surface area contributed by atoms with Crippen molar-refractivity contribution < 1.29 is 31.4 Å². The van der Waals surface area contributed by atoms with Crippen molar-refractivity contribution in [3.63, 3.8) is 0 Å². The van der Waals surface area contributed by atoms with Crippen molar-refractivity contribution in [3.05, 3.63) is 5.92 Å². The van der Waals surface area contributed by atoms with Crippen molar-refractivity contribution in [2.75, 3.05) is 0 Å². The van der Waals surface area contributed by atoms with Crippen LogP contribution in [0, 0.1) is 5.92 Å². The Morgan fingerprint density at radius 3 is 1.25 bits per heavy atom. The minimum atomic E-state index is -5.54. The minimum absolute atomic E-state index is 0.413. The molecule has 1 unspecified atom stereocenters. The first-order valence-electron chi connectivity index (χ1n) is 2.76. The maximum absolute atomic E-state index is 11.5. The summed E-state index contributed by atoms with van der Waals surface area (Å²) in [7, 11) is 0. The maximum atomic E-state index is 11.5. The van der Waals surface area contributed by atoms with Crippen molar-refractivity contribution in [3.8, 4) is 0 Å². The van der Waals surface area contributed by atoms with Crippen LogP contribution in [0.2, 0.25) is 0 Å². The van der Waals surface area contributed by atoms with Gasteiger partial charge in [-0.15, -0.1) is 0 Å². The molecule has 0 aromatic heterocycles. The molecule has 7 heteroatoms. The van der Waals surface area contributed by atoms with E-state index >= 15 is 0 Å². The average molecular weight is 195 g/mol. The summed E-state index contributed by atoms with van der Waals surface area (Å²) in [5, 5.41) is 8.21. The van der Waals surface area contributed by atoms with Gasteiger partial charge in [0.2, 0.25) is 5.92 Å². The van der Waals surface area contributed by atoms with Crippen LogP contribution in [0.3, 0.4) is 0 Å². The summed E-state index contributed by atoms with van der Waals surface area (Å²) in [5.74, 6) is -2.78. The van der Waals surface area contributed by atoms with Gasteiger partial charge in [-0.1, -0.05) is 0 Å². The van der Waals surface area contributed by atoms with Gasteiger partial charge in [-0.25, -0.2) is 0 Å². The third-order valence-electron chi connectivity index (χ3n) is 1.03. The van der Waals surface area contributed by atoms with Crippen LogP contribution >= 0.6 is 0 Å². The Labute approximate surface area is 64.0 Å².